The molecule has 1 saturated carbocycles. The van der Waals surface area contributed by atoms with Gasteiger partial charge in [-0.05, 0) is 24.7 Å². The van der Waals surface area contributed by atoms with Gasteiger partial charge in [-0.15, -0.1) is 0 Å². The molecule has 1 rings (SSSR count). The van der Waals surface area contributed by atoms with Gasteiger partial charge in [0.05, 0.1) is 0 Å². The van der Waals surface area contributed by atoms with Gasteiger partial charge in [0.25, 0.3) is 0 Å². The standard InChI is InChI=1S/C10H19N/c1-2-3-9-4-6-10(8-11)7-5-9/h8-11H,2-7H2,1H3. The van der Waals surface area contributed by atoms with Crippen molar-refractivity contribution in [3.63, 3.8) is 0 Å². The smallest absolute Gasteiger partial charge is 0.0410 e. The predicted octanol–water partition coefficient (Wildman–Crippen LogP) is 3.04. The monoisotopic (exact) mass is 153 g/mol. The molecule has 0 amide bonds. The van der Waals surface area contributed by atoms with Gasteiger partial charge < -0.3 is 0 Å². The van der Waals surface area contributed by atoms with Crippen molar-refractivity contribution in [2.24, 2.45) is 11.8 Å². The van der Waals surface area contributed by atoms with Crippen molar-refractivity contribution in [2.75, 3.05) is 0 Å². The molecule has 0 unspecified atom stereocenters. The van der Waals surface area contributed by atoms with Crippen LogP contribution in [0.15, 0.2) is 0 Å². The summed E-state index contributed by atoms with van der Waals surface area (Å²) >= 11 is 0. The Morgan fingerprint density at radius 3 is 2.36 bits per heavy atom. The molecule has 0 atom stereocenters. The Morgan fingerprint density at radius 2 is 1.91 bits per heavy atom. The summed E-state index contributed by atoms with van der Waals surface area (Å²) in [5.74, 6) is 1.60. The minimum Gasteiger partial charge on any atom is -0.253 e. The van der Waals surface area contributed by atoms with E-state index in [1.807, 2.05) is 0 Å². The van der Waals surface area contributed by atoms with Crippen LogP contribution in [-0.2, 0) is 0 Å². The van der Waals surface area contributed by atoms with Crippen LogP contribution in [0.2, 0.25) is 0 Å². The summed E-state index contributed by atoms with van der Waals surface area (Å²) in [7, 11) is 0. The van der Waals surface area contributed by atoms with Crippen LogP contribution < -0.4 is 5.73 Å². The average Bonchev–Trinajstić information content (AvgIpc) is 2.07. The summed E-state index contributed by atoms with van der Waals surface area (Å²) in [4.78, 5) is 0. The lowest BCUT2D eigenvalue weighted by molar-refractivity contribution is 0.282. The molecule has 0 saturated heterocycles. The number of rotatable bonds is 3. The molecule has 1 heteroatoms. The van der Waals surface area contributed by atoms with Crippen molar-refractivity contribution < 1.29 is 0 Å². The van der Waals surface area contributed by atoms with E-state index in [0.717, 1.165) is 5.92 Å². The molecular formula is C10H19N. The fourth-order valence-corrected chi connectivity index (χ4v) is 2.05. The van der Waals surface area contributed by atoms with Crippen LogP contribution in [0.4, 0.5) is 0 Å². The number of hydrogen-bond acceptors (Lipinski definition) is 0. The van der Waals surface area contributed by atoms with Crippen LogP contribution in [0.25, 0.3) is 0 Å². The van der Waals surface area contributed by atoms with Crippen molar-refractivity contribution in [2.45, 2.75) is 45.4 Å². The summed E-state index contributed by atoms with van der Waals surface area (Å²) in [5, 5.41) is 0. The highest BCUT2D eigenvalue weighted by molar-refractivity contribution is 4.77. The molecule has 1 fully saturated rings. The van der Waals surface area contributed by atoms with Crippen molar-refractivity contribution in [1.82, 2.24) is 5.73 Å². The Bertz CT molecular complexity index is 93.0. The Morgan fingerprint density at radius 1 is 1.27 bits per heavy atom. The normalized spacial score (nSPS) is 32.2. The van der Waals surface area contributed by atoms with Gasteiger partial charge in [-0.3, -0.25) is 5.73 Å². The van der Waals surface area contributed by atoms with Crippen LogP contribution in [0.1, 0.15) is 45.4 Å². The van der Waals surface area contributed by atoms with E-state index in [9.17, 15) is 0 Å². The zero-order chi connectivity index (χ0) is 8.10. The minimum atomic E-state index is 0.614. The third kappa shape index (κ3) is 2.82. The number of nitrogens with one attached hydrogen (secondary N) is 1. The van der Waals surface area contributed by atoms with Crippen LogP contribution in [0.5, 0.6) is 0 Å². The Balaban J connectivity index is 2.14. The van der Waals surface area contributed by atoms with Crippen LogP contribution in [0, 0.1) is 18.4 Å². The van der Waals surface area contributed by atoms with Gasteiger partial charge >= 0.3 is 0 Å². The summed E-state index contributed by atoms with van der Waals surface area (Å²) in [6.45, 7) is 3.91. The third-order valence-electron chi connectivity index (χ3n) is 2.82. The lowest BCUT2D eigenvalue weighted by Gasteiger charge is -2.26. The molecule has 1 aliphatic rings. The van der Waals surface area contributed by atoms with Gasteiger partial charge in [0.15, 0.2) is 0 Å². The Labute approximate surface area is 70.4 Å². The molecule has 0 spiro atoms. The fraction of sp³-hybridized carbons (Fsp3) is 0.900. The maximum Gasteiger partial charge on any atom is 0.0410 e. The largest absolute Gasteiger partial charge is 0.253 e. The second-order valence-electron chi connectivity index (χ2n) is 3.74. The van der Waals surface area contributed by atoms with Crippen LogP contribution in [0.3, 0.4) is 0 Å². The van der Waals surface area contributed by atoms with E-state index in [1.165, 1.54) is 38.5 Å². The van der Waals surface area contributed by atoms with Gasteiger partial charge in [0, 0.05) is 6.54 Å². The van der Waals surface area contributed by atoms with Crippen LogP contribution in [-0.4, -0.2) is 0 Å². The SMILES string of the molecule is CCCC1CCC([CH][NH])CC1. The molecule has 0 aliphatic heterocycles. The molecule has 0 aromatic carbocycles. The summed E-state index contributed by atoms with van der Waals surface area (Å²) in [6.07, 6.45) is 8.02. The highest BCUT2D eigenvalue weighted by Crippen LogP contribution is 2.31. The van der Waals surface area contributed by atoms with Crippen molar-refractivity contribution in [3.8, 4) is 0 Å². The summed E-state index contributed by atoms with van der Waals surface area (Å²) in [6, 6.07) is 0. The Hall–Kier alpha value is -0.0400. The highest BCUT2D eigenvalue weighted by Gasteiger charge is 2.19. The molecule has 1 N–H and O–H groups in total. The molecule has 64 valence electrons. The van der Waals surface area contributed by atoms with Crippen molar-refractivity contribution >= 4 is 0 Å². The first kappa shape index (κ1) is 9.05. The second-order valence-corrected chi connectivity index (χ2v) is 3.74. The molecule has 1 aliphatic carbocycles. The van der Waals surface area contributed by atoms with E-state index < -0.39 is 0 Å². The minimum absolute atomic E-state index is 0.614. The molecule has 11 heavy (non-hydrogen) atoms. The maximum atomic E-state index is 7.14. The van der Waals surface area contributed by atoms with E-state index >= 15 is 0 Å². The Kier molecular flexibility index (Phi) is 3.92. The third-order valence-corrected chi connectivity index (χ3v) is 2.82. The first-order chi connectivity index (χ1) is 5.36. The van der Waals surface area contributed by atoms with Crippen molar-refractivity contribution in [1.29, 1.82) is 0 Å². The van der Waals surface area contributed by atoms with Gasteiger partial charge in [0.1, 0.15) is 0 Å². The maximum absolute atomic E-state index is 7.14. The van der Waals surface area contributed by atoms with E-state index in [1.54, 1.807) is 6.54 Å². The van der Waals surface area contributed by atoms with Gasteiger partial charge in [-0.25, -0.2) is 0 Å². The zero-order valence-corrected chi connectivity index (χ0v) is 7.47. The topological polar surface area (TPSA) is 23.8 Å². The first-order valence-electron chi connectivity index (χ1n) is 4.87. The second kappa shape index (κ2) is 4.76. The van der Waals surface area contributed by atoms with Crippen LogP contribution >= 0.6 is 0 Å². The van der Waals surface area contributed by atoms with Gasteiger partial charge in [-0.1, -0.05) is 32.6 Å². The first-order valence-corrected chi connectivity index (χ1v) is 4.87. The van der Waals surface area contributed by atoms with Gasteiger partial charge in [0.2, 0.25) is 0 Å². The molecular weight excluding hydrogens is 134 g/mol. The van der Waals surface area contributed by atoms with Gasteiger partial charge in [-0.2, -0.15) is 0 Å². The lowest BCUT2D eigenvalue weighted by atomic mass is 9.80. The van der Waals surface area contributed by atoms with Crippen molar-refractivity contribution in [3.05, 3.63) is 6.54 Å². The van der Waals surface area contributed by atoms with E-state index in [0.29, 0.717) is 5.92 Å². The van der Waals surface area contributed by atoms with E-state index in [-0.39, 0.29) is 0 Å². The quantitative estimate of drug-likeness (QED) is 0.595. The summed E-state index contributed by atoms with van der Waals surface area (Å²) < 4.78 is 0. The highest BCUT2D eigenvalue weighted by atomic mass is 14.5. The molecule has 0 heterocycles. The molecule has 0 aromatic rings. The summed E-state index contributed by atoms with van der Waals surface area (Å²) in [5.41, 5.74) is 7.14. The van der Waals surface area contributed by atoms with E-state index in [4.69, 9.17) is 5.73 Å². The lowest BCUT2D eigenvalue weighted by Crippen LogP contribution is -2.14. The molecule has 0 aromatic heterocycles. The number of hydrogen-bond donors (Lipinski definition) is 0. The van der Waals surface area contributed by atoms with E-state index in [2.05, 4.69) is 6.92 Å². The fourth-order valence-electron chi connectivity index (χ4n) is 2.05. The molecule has 0 bridgehead atoms. The molecule has 2 radical (unpaired) electrons. The predicted molar refractivity (Wildman–Crippen MR) is 47.8 cm³/mol. The molecule has 1 nitrogen and oxygen atoms in total. The zero-order valence-electron chi connectivity index (χ0n) is 7.47. The average molecular weight is 153 g/mol.